The van der Waals surface area contributed by atoms with Crippen molar-refractivity contribution in [2.45, 2.75) is 84.9 Å². The number of carbonyl (C=O) groups excluding carboxylic acids is 3. The molecule has 182 valence electrons. The maximum Gasteiger partial charge on any atom is 0.450 e. The van der Waals surface area contributed by atoms with Crippen molar-refractivity contribution in [2.75, 3.05) is 0 Å². The number of halogens is 3. The van der Waals surface area contributed by atoms with E-state index in [0.717, 1.165) is 44.6 Å². The number of ketones is 1. The Labute approximate surface area is 191 Å². The van der Waals surface area contributed by atoms with E-state index < -0.39 is 34.7 Å². The van der Waals surface area contributed by atoms with Crippen LogP contribution in [0.5, 0.6) is 0 Å². The monoisotopic (exact) mass is 468 g/mol. The minimum Gasteiger partial charge on any atom is -0.462 e. The van der Waals surface area contributed by atoms with E-state index in [2.05, 4.69) is 11.7 Å². The van der Waals surface area contributed by atoms with Gasteiger partial charge in [0.05, 0.1) is 0 Å². The van der Waals surface area contributed by atoms with Crippen LogP contribution in [-0.4, -0.2) is 30.0 Å². The van der Waals surface area contributed by atoms with Gasteiger partial charge in [0.2, 0.25) is 5.76 Å². The van der Waals surface area contributed by atoms with E-state index in [9.17, 15) is 27.6 Å². The van der Waals surface area contributed by atoms with Crippen molar-refractivity contribution in [3.05, 3.63) is 23.0 Å². The van der Waals surface area contributed by atoms with Crippen molar-refractivity contribution in [3.8, 4) is 0 Å². The van der Waals surface area contributed by atoms with E-state index in [1.807, 2.05) is 6.92 Å². The third-order valence-corrected chi connectivity index (χ3v) is 8.88. The van der Waals surface area contributed by atoms with Crippen molar-refractivity contribution in [1.82, 2.24) is 0 Å². The topological polar surface area (TPSA) is 69.7 Å². The summed E-state index contributed by atoms with van der Waals surface area (Å²) in [6.07, 6.45) is 1.09. The number of ether oxygens (including phenoxy) is 2. The fraction of sp³-hybridized carbons (Fsp3) is 0.720. The van der Waals surface area contributed by atoms with E-state index in [1.165, 1.54) is 13.0 Å². The molecule has 4 aliphatic carbocycles. The van der Waals surface area contributed by atoms with Gasteiger partial charge in [0, 0.05) is 24.8 Å². The largest absolute Gasteiger partial charge is 0.462 e. The summed E-state index contributed by atoms with van der Waals surface area (Å²) in [6.45, 7) is 6.47. The maximum atomic E-state index is 13.7. The van der Waals surface area contributed by atoms with Crippen LogP contribution in [0.15, 0.2) is 23.0 Å². The van der Waals surface area contributed by atoms with Crippen LogP contribution in [0.25, 0.3) is 0 Å². The Bertz CT molecular complexity index is 948. The number of hydrogen-bond acceptors (Lipinski definition) is 5. The van der Waals surface area contributed by atoms with Gasteiger partial charge in [-0.1, -0.05) is 19.4 Å². The van der Waals surface area contributed by atoms with Crippen molar-refractivity contribution in [2.24, 2.45) is 28.6 Å². The summed E-state index contributed by atoms with van der Waals surface area (Å²) in [7, 11) is 0. The summed E-state index contributed by atoms with van der Waals surface area (Å²) in [6, 6.07) is 0. The van der Waals surface area contributed by atoms with E-state index >= 15 is 0 Å². The van der Waals surface area contributed by atoms with E-state index in [1.54, 1.807) is 0 Å². The first-order valence-corrected chi connectivity index (χ1v) is 11.7. The highest BCUT2D eigenvalue weighted by Gasteiger charge is 2.60. The number of carbonyl (C=O) groups is 3. The molecule has 0 aromatic heterocycles. The van der Waals surface area contributed by atoms with Gasteiger partial charge in [0.15, 0.2) is 5.78 Å². The van der Waals surface area contributed by atoms with Crippen LogP contribution in [0.4, 0.5) is 13.2 Å². The fourth-order valence-corrected chi connectivity index (χ4v) is 7.48. The van der Waals surface area contributed by atoms with Gasteiger partial charge in [0.25, 0.3) is 0 Å². The molecule has 3 saturated carbocycles. The van der Waals surface area contributed by atoms with Gasteiger partial charge in [-0.15, -0.1) is 0 Å². The van der Waals surface area contributed by atoms with Crippen molar-refractivity contribution >= 4 is 17.7 Å². The molecule has 33 heavy (non-hydrogen) atoms. The smallest absolute Gasteiger partial charge is 0.450 e. The number of esters is 2. The van der Waals surface area contributed by atoms with Gasteiger partial charge in [-0.3, -0.25) is 14.4 Å². The third-order valence-electron chi connectivity index (χ3n) is 8.88. The SMILES string of the molecule is CC(=O)O/C(=C1/C[C@@]2(C)C(=CC1=O)CC[C@H]1[C@@H]3CC[C@@H](OC(C)=O)[C@@]3(C)CC[C@@H]12)C(F)(F)F. The predicted molar refractivity (Wildman–Crippen MR) is 112 cm³/mol. The van der Waals surface area contributed by atoms with Crippen molar-refractivity contribution < 1.29 is 37.0 Å². The zero-order valence-electron chi connectivity index (χ0n) is 19.5. The summed E-state index contributed by atoms with van der Waals surface area (Å²) in [5.74, 6) is -2.86. The Morgan fingerprint density at radius 2 is 1.73 bits per heavy atom. The third kappa shape index (κ3) is 3.93. The summed E-state index contributed by atoms with van der Waals surface area (Å²) < 4.78 is 51.4. The lowest BCUT2D eigenvalue weighted by Gasteiger charge is -2.58. The van der Waals surface area contributed by atoms with E-state index in [4.69, 9.17) is 4.74 Å². The average molecular weight is 469 g/mol. The molecule has 0 unspecified atom stereocenters. The molecule has 5 nitrogen and oxygen atoms in total. The van der Waals surface area contributed by atoms with Gasteiger partial charge in [0.1, 0.15) is 6.10 Å². The van der Waals surface area contributed by atoms with Crippen LogP contribution in [0.1, 0.15) is 72.6 Å². The highest BCUT2D eigenvalue weighted by molar-refractivity contribution is 6.06. The average Bonchev–Trinajstić information content (AvgIpc) is 3.01. The van der Waals surface area contributed by atoms with Crippen LogP contribution >= 0.6 is 0 Å². The Kier molecular flexibility index (Phi) is 5.81. The minimum absolute atomic E-state index is 0.0856. The Morgan fingerprint density at radius 3 is 2.33 bits per heavy atom. The predicted octanol–water partition coefficient (Wildman–Crippen LogP) is 5.44. The molecule has 0 N–H and O–H groups in total. The highest BCUT2D eigenvalue weighted by atomic mass is 19.4. The molecule has 6 atom stereocenters. The molecule has 4 aliphatic rings. The molecule has 0 spiro atoms. The maximum absolute atomic E-state index is 13.7. The number of fused-ring (bicyclic) bond motifs is 5. The number of hydrogen-bond donors (Lipinski definition) is 0. The molecule has 0 aromatic rings. The highest BCUT2D eigenvalue weighted by Crippen LogP contribution is 2.66. The second kappa shape index (κ2) is 7.98. The zero-order chi connectivity index (χ0) is 24.3. The number of allylic oxidation sites excluding steroid dienone is 3. The van der Waals surface area contributed by atoms with E-state index in [0.29, 0.717) is 12.3 Å². The van der Waals surface area contributed by atoms with Gasteiger partial charge in [-0.2, -0.15) is 13.2 Å². The molecule has 3 fully saturated rings. The van der Waals surface area contributed by atoms with Gasteiger partial charge in [-0.05, 0) is 74.2 Å². The van der Waals surface area contributed by atoms with Crippen LogP contribution in [0.3, 0.4) is 0 Å². The molecule has 0 saturated heterocycles. The minimum atomic E-state index is -4.93. The van der Waals surface area contributed by atoms with Crippen molar-refractivity contribution in [1.29, 1.82) is 0 Å². The summed E-state index contributed by atoms with van der Waals surface area (Å²) >= 11 is 0. The number of alkyl halides is 3. The summed E-state index contributed by atoms with van der Waals surface area (Å²) in [5.41, 5.74) is -0.298. The molecular weight excluding hydrogens is 437 g/mol. The molecule has 0 aliphatic heterocycles. The van der Waals surface area contributed by atoms with Gasteiger partial charge in [-0.25, -0.2) is 0 Å². The summed E-state index contributed by atoms with van der Waals surface area (Å²) in [5, 5.41) is 0. The molecule has 4 rings (SSSR count). The molecule has 0 aromatic carbocycles. The van der Waals surface area contributed by atoms with E-state index in [-0.39, 0.29) is 35.7 Å². The summed E-state index contributed by atoms with van der Waals surface area (Å²) in [4.78, 5) is 35.7. The normalized spacial score (nSPS) is 39.6. The second-order valence-corrected chi connectivity index (χ2v) is 10.7. The van der Waals surface area contributed by atoms with Crippen LogP contribution < -0.4 is 0 Å². The molecule has 0 heterocycles. The Hall–Kier alpha value is -2.12. The molecule has 8 heteroatoms. The molecular formula is C25H31F3O5. The first-order chi connectivity index (χ1) is 15.3. The van der Waals surface area contributed by atoms with Crippen LogP contribution in [0, 0.1) is 28.6 Å². The van der Waals surface area contributed by atoms with Gasteiger partial charge < -0.3 is 9.47 Å². The van der Waals surface area contributed by atoms with Gasteiger partial charge >= 0.3 is 18.1 Å². The number of rotatable bonds is 2. The second-order valence-electron chi connectivity index (χ2n) is 10.7. The standard InChI is InChI=1S/C25H31F3O5/c1-13(29)32-21-8-7-18-16-6-5-15-11-20(31)17(22(25(26,27)28)33-14(2)30)12-24(15,4)19(16)9-10-23(18,21)3/h11,16,18-19,21H,5-10,12H2,1-4H3/b22-17-/t16-,18-,19-,21+,23-,24-/m0/s1. The molecule has 0 amide bonds. The Balaban J connectivity index is 1.70. The zero-order valence-corrected chi connectivity index (χ0v) is 19.5. The molecule has 0 bridgehead atoms. The lowest BCUT2D eigenvalue weighted by atomic mass is 9.47. The van der Waals surface area contributed by atoms with Crippen LogP contribution in [0.2, 0.25) is 0 Å². The fourth-order valence-electron chi connectivity index (χ4n) is 7.48. The quantitative estimate of drug-likeness (QED) is 0.307. The Morgan fingerprint density at radius 1 is 1.03 bits per heavy atom. The first-order valence-electron chi connectivity index (χ1n) is 11.7. The first kappa shape index (κ1) is 24.0. The van der Waals surface area contributed by atoms with Crippen LogP contribution in [-0.2, 0) is 23.9 Å². The lowest BCUT2D eigenvalue weighted by Crippen LogP contribution is -2.52. The van der Waals surface area contributed by atoms with Crippen molar-refractivity contribution in [3.63, 3.8) is 0 Å². The molecule has 0 radical (unpaired) electrons. The lowest BCUT2D eigenvalue weighted by molar-refractivity contribution is -0.159.